The van der Waals surface area contributed by atoms with E-state index in [2.05, 4.69) is 33.2 Å². The fraction of sp³-hybridized carbons (Fsp3) is 0.312. The molecule has 3 nitrogen and oxygen atoms in total. The van der Waals surface area contributed by atoms with E-state index in [1.807, 2.05) is 13.0 Å². The van der Waals surface area contributed by atoms with E-state index in [0.29, 0.717) is 5.82 Å². The zero-order chi connectivity index (χ0) is 15.4. The lowest BCUT2D eigenvalue weighted by Crippen LogP contribution is -2.25. The van der Waals surface area contributed by atoms with Crippen LogP contribution in [0.25, 0.3) is 0 Å². The molecule has 0 aliphatic rings. The Balaban J connectivity index is 2.52. The highest BCUT2D eigenvalue weighted by atomic mass is 79.9. The molecule has 2 aromatic rings. The Morgan fingerprint density at radius 1 is 1.33 bits per heavy atom. The van der Waals surface area contributed by atoms with Gasteiger partial charge in [-0.15, -0.1) is 0 Å². The van der Waals surface area contributed by atoms with Crippen LogP contribution in [0.1, 0.15) is 36.1 Å². The number of hydrogen-bond donors (Lipinski definition) is 2. The van der Waals surface area contributed by atoms with Gasteiger partial charge < -0.3 is 11.1 Å². The van der Waals surface area contributed by atoms with Gasteiger partial charge in [-0.3, -0.25) is 0 Å². The molecule has 0 amide bonds. The summed E-state index contributed by atoms with van der Waals surface area (Å²) in [7, 11) is 0. The quantitative estimate of drug-likeness (QED) is 0.856. The van der Waals surface area contributed by atoms with Crippen molar-refractivity contribution in [2.45, 2.75) is 26.3 Å². The average molecular weight is 352 g/mol. The van der Waals surface area contributed by atoms with Gasteiger partial charge in [-0.2, -0.15) is 0 Å². The number of halogens is 2. The maximum atomic E-state index is 13.6. The Labute approximate surface area is 132 Å². The van der Waals surface area contributed by atoms with Crippen molar-refractivity contribution in [3.05, 3.63) is 57.4 Å². The van der Waals surface area contributed by atoms with E-state index in [1.165, 1.54) is 12.1 Å². The molecule has 0 aliphatic heterocycles. The first kappa shape index (κ1) is 15.9. The van der Waals surface area contributed by atoms with Crippen LogP contribution in [0.5, 0.6) is 0 Å². The topological polar surface area (TPSA) is 50.9 Å². The number of hydrogen-bond acceptors (Lipinski definition) is 3. The van der Waals surface area contributed by atoms with Crippen molar-refractivity contribution in [3.8, 4) is 0 Å². The van der Waals surface area contributed by atoms with E-state index >= 15 is 0 Å². The van der Waals surface area contributed by atoms with Crippen LogP contribution in [0.2, 0.25) is 0 Å². The number of nitrogens with zero attached hydrogens (tertiary/aromatic N) is 1. The van der Waals surface area contributed by atoms with Crippen molar-refractivity contribution in [3.63, 3.8) is 0 Å². The summed E-state index contributed by atoms with van der Waals surface area (Å²) in [5.74, 6) is 0.195. The summed E-state index contributed by atoms with van der Waals surface area (Å²) in [4.78, 5) is 4.21. The lowest BCUT2D eigenvalue weighted by Gasteiger charge is -2.22. The van der Waals surface area contributed by atoms with Crippen LogP contribution in [-0.4, -0.2) is 11.5 Å². The van der Waals surface area contributed by atoms with Crippen LogP contribution in [-0.2, 0) is 0 Å². The summed E-state index contributed by atoms with van der Waals surface area (Å²) in [5, 5.41) is 3.42. The third kappa shape index (κ3) is 3.80. The van der Waals surface area contributed by atoms with Gasteiger partial charge in [0.05, 0.1) is 6.04 Å². The van der Waals surface area contributed by atoms with E-state index in [-0.39, 0.29) is 11.9 Å². The number of benzene rings is 1. The van der Waals surface area contributed by atoms with Crippen LogP contribution in [0.15, 0.2) is 34.9 Å². The highest BCUT2D eigenvalue weighted by Crippen LogP contribution is 2.32. The van der Waals surface area contributed by atoms with E-state index in [0.717, 1.165) is 34.1 Å². The summed E-state index contributed by atoms with van der Waals surface area (Å²) in [5.41, 5.74) is 8.74. The zero-order valence-electron chi connectivity index (χ0n) is 12.2. The van der Waals surface area contributed by atoms with Gasteiger partial charge in [-0.25, -0.2) is 9.37 Å². The molecule has 1 aromatic carbocycles. The predicted octanol–water partition coefficient (Wildman–Crippen LogP) is 3.96. The average Bonchev–Trinajstić information content (AvgIpc) is 2.46. The van der Waals surface area contributed by atoms with E-state index in [9.17, 15) is 4.39 Å². The number of aryl methyl sites for hydroxylation is 1. The number of nitrogens with two attached hydrogens (primary N) is 1. The molecule has 0 spiro atoms. The van der Waals surface area contributed by atoms with Gasteiger partial charge >= 0.3 is 0 Å². The molecule has 112 valence electrons. The van der Waals surface area contributed by atoms with Gasteiger partial charge in [0.25, 0.3) is 0 Å². The first-order valence-corrected chi connectivity index (χ1v) is 7.72. The number of anilines is 1. The molecule has 1 heterocycles. The van der Waals surface area contributed by atoms with Gasteiger partial charge in [-0.05, 0) is 55.3 Å². The van der Waals surface area contributed by atoms with Crippen LogP contribution >= 0.6 is 15.9 Å². The summed E-state index contributed by atoms with van der Waals surface area (Å²) >= 11 is 3.50. The van der Waals surface area contributed by atoms with Gasteiger partial charge in [0.2, 0.25) is 0 Å². The number of rotatable bonds is 5. The van der Waals surface area contributed by atoms with E-state index in [1.54, 1.807) is 12.3 Å². The molecular weight excluding hydrogens is 333 g/mol. The Morgan fingerprint density at radius 3 is 2.81 bits per heavy atom. The fourth-order valence-corrected chi connectivity index (χ4v) is 2.72. The Hall–Kier alpha value is -1.46. The normalized spacial score (nSPS) is 12.4. The van der Waals surface area contributed by atoms with Crippen molar-refractivity contribution in [1.82, 2.24) is 10.3 Å². The van der Waals surface area contributed by atoms with Crippen LogP contribution < -0.4 is 11.1 Å². The molecule has 0 radical (unpaired) electrons. The molecule has 1 atom stereocenters. The van der Waals surface area contributed by atoms with Gasteiger partial charge in [0, 0.05) is 16.2 Å². The summed E-state index contributed by atoms with van der Waals surface area (Å²) < 4.78 is 14.5. The number of nitrogens with one attached hydrogen (secondary N) is 1. The SMILES string of the molecule is CCCNC(c1cc(F)ccc1Br)c1cc(C)cnc1N. The minimum Gasteiger partial charge on any atom is -0.383 e. The molecule has 0 saturated heterocycles. The van der Waals surface area contributed by atoms with Crippen molar-refractivity contribution >= 4 is 21.7 Å². The summed E-state index contributed by atoms with van der Waals surface area (Å²) in [6, 6.07) is 6.47. The smallest absolute Gasteiger partial charge is 0.128 e. The van der Waals surface area contributed by atoms with E-state index in [4.69, 9.17) is 5.73 Å². The second-order valence-electron chi connectivity index (χ2n) is 5.04. The Kier molecular flexibility index (Phi) is 5.31. The monoisotopic (exact) mass is 351 g/mol. The number of aromatic nitrogens is 1. The molecule has 0 bridgehead atoms. The van der Waals surface area contributed by atoms with Crippen molar-refractivity contribution in [2.75, 3.05) is 12.3 Å². The third-order valence-electron chi connectivity index (χ3n) is 3.26. The molecular formula is C16H19BrFN3. The second kappa shape index (κ2) is 7.00. The molecule has 1 unspecified atom stereocenters. The number of pyridine rings is 1. The van der Waals surface area contributed by atoms with Crippen LogP contribution in [0.4, 0.5) is 10.2 Å². The van der Waals surface area contributed by atoms with Crippen molar-refractivity contribution in [1.29, 1.82) is 0 Å². The van der Waals surface area contributed by atoms with Crippen molar-refractivity contribution in [2.24, 2.45) is 0 Å². The highest BCUT2D eigenvalue weighted by Gasteiger charge is 2.20. The third-order valence-corrected chi connectivity index (χ3v) is 3.99. The fourth-order valence-electron chi connectivity index (χ4n) is 2.25. The lowest BCUT2D eigenvalue weighted by molar-refractivity contribution is 0.583. The van der Waals surface area contributed by atoms with Crippen LogP contribution in [0.3, 0.4) is 0 Å². The summed E-state index contributed by atoms with van der Waals surface area (Å²) in [6.07, 6.45) is 2.71. The molecule has 21 heavy (non-hydrogen) atoms. The van der Waals surface area contributed by atoms with E-state index < -0.39 is 0 Å². The maximum Gasteiger partial charge on any atom is 0.128 e. The number of nitrogen functional groups attached to an aromatic ring is 1. The minimum absolute atomic E-state index is 0.192. The Bertz CT molecular complexity index is 579. The lowest BCUT2D eigenvalue weighted by atomic mass is 9.98. The van der Waals surface area contributed by atoms with Crippen LogP contribution in [0, 0.1) is 12.7 Å². The second-order valence-corrected chi connectivity index (χ2v) is 5.89. The largest absolute Gasteiger partial charge is 0.383 e. The first-order chi connectivity index (χ1) is 10.0. The van der Waals surface area contributed by atoms with Gasteiger partial charge in [0.1, 0.15) is 11.6 Å². The molecule has 0 saturated carbocycles. The van der Waals surface area contributed by atoms with Gasteiger partial charge in [0.15, 0.2) is 0 Å². The minimum atomic E-state index is -0.268. The maximum absolute atomic E-state index is 13.6. The predicted molar refractivity (Wildman–Crippen MR) is 87.6 cm³/mol. The Morgan fingerprint density at radius 2 is 2.10 bits per heavy atom. The molecule has 0 aliphatic carbocycles. The molecule has 5 heteroatoms. The molecule has 2 rings (SSSR count). The molecule has 1 aromatic heterocycles. The zero-order valence-corrected chi connectivity index (χ0v) is 13.7. The molecule has 3 N–H and O–H groups in total. The summed E-state index contributed by atoms with van der Waals surface area (Å²) in [6.45, 7) is 4.86. The van der Waals surface area contributed by atoms with Crippen molar-refractivity contribution < 1.29 is 4.39 Å². The highest BCUT2D eigenvalue weighted by molar-refractivity contribution is 9.10. The molecule has 0 fully saturated rings. The van der Waals surface area contributed by atoms with Gasteiger partial charge in [-0.1, -0.05) is 22.9 Å². The standard InChI is InChI=1S/C16H19BrFN3/c1-3-6-20-15(12-8-11(18)4-5-14(12)17)13-7-10(2)9-21-16(13)19/h4-5,7-9,15,20H,3,6H2,1-2H3,(H2,19,21). The first-order valence-electron chi connectivity index (χ1n) is 6.93.